The van der Waals surface area contributed by atoms with Gasteiger partial charge in [0.1, 0.15) is 0 Å². The highest BCUT2D eigenvalue weighted by atomic mass is 16.5. The van der Waals surface area contributed by atoms with Gasteiger partial charge in [0.15, 0.2) is 0 Å². The van der Waals surface area contributed by atoms with E-state index in [2.05, 4.69) is 0 Å². The summed E-state index contributed by atoms with van der Waals surface area (Å²) in [4.78, 5) is 23.5. The average Bonchev–Trinajstić information content (AvgIpc) is 2.56. The van der Waals surface area contributed by atoms with Crippen LogP contribution in [0.1, 0.15) is 66.2 Å². The first kappa shape index (κ1) is 16.5. The second-order valence-corrected chi connectivity index (χ2v) is 5.73. The van der Waals surface area contributed by atoms with E-state index >= 15 is 0 Å². The zero-order valence-corrected chi connectivity index (χ0v) is 13.2. The Morgan fingerprint density at radius 2 is 1.50 bits per heavy atom. The fourth-order valence-electron chi connectivity index (χ4n) is 2.83. The van der Waals surface area contributed by atoms with E-state index < -0.39 is 0 Å². The van der Waals surface area contributed by atoms with Crippen molar-refractivity contribution in [2.24, 2.45) is 5.92 Å². The molecule has 0 bridgehead atoms. The summed E-state index contributed by atoms with van der Waals surface area (Å²) in [5.41, 5.74) is 0.914. The Morgan fingerprint density at radius 1 is 0.955 bits per heavy atom. The van der Waals surface area contributed by atoms with Crippen LogP contribution >= 0.6 is 0 Å². The summed E-state index contributed by atoms with van der Waals surface area (Å²) in [5, 5.41) is 0. The maximum absolute atomic E-state index is 12.0. The zero-order valence-electron chi connectivity index (χ0n) is 13.2. The van der Waals surface area contributed by atoms with E-state index in [4.69, 9.17) is 9.47 Å². The van der Waals surface area contributed by atoms with Gasteiger partial charge in [-0.3, -0.25) is 0 Å². The van der Waals surface area contributed by atoms with Gasteiger partial charge in [-0.25, -0.2) is 9.59 Å². The Kier molecular flexibility index (Phi) is 6.44. The van der Waals surface area contributed by atoms with E-state index in [9.17, 15) is 9.59 Å². The van der Waals surface area contributed by atoms with Crippen LogP contribution in [-0.4, -0.2) is 25.2 Å². The number of ether oxygens (including phenoxy) is 2. The van der Waals surface area contributed by atoms with Gasteiger partial charge in [-0.1, -0.05) is 32.1 Å². The molecule has 1 aromatic carbocycles. The van der Waals surface area contributed by atoms with E-state index in [1.165, 1.54) is 32.1 Å². The Labute approximate surface area is 131 Å². The minimum absolute atomic E-state index is 0.328. The summed E-state index contributed by atoms with van der Waals surface area (Å²) in [6.45, 7) is 2.57. The lowest BCUT2D eigenvalue weighted by Gasteiger charge is -2.21. The molecule has 0 radical (unpaired) electrons. The fourth-order valence-corrected chi connectivity index (χ4v) is 2.83. The van der Waals surface area contributed by atoms with Crippen molar-refractivity contribution in [3.05, 3.63) is 35.4 Å². The van der Waals surface area contributed by atoms with Crippen LogP contribution in [0, 0.1) is 5.92 Å². The molecule has 120 valence electrons. The minimum atomic E-state index is -0.375. The van der Waals surface area contributed by atoms with Gasteiger partial charge >= 0.3 is 11.9 Å². The monoisotopic (exact) mass is 304 g/mol. The third kappa shape index (κ3) is 4.86. The van der Waals surface area contributed by atoms with Gasteiger partial charge in [0.25, 0.3) is 0 Å². The largest absolute Gasteiger partial charge is 0.462 e. The van der Waals surface area contributed by atoms with Crippen molar-refractivity contribution in [2.75, 3.05) is 13.2 Å². The van der Waals surface area contributed by atoms with Crippen molar-refractivity contribution in [2.45, 2.75) is 45.4 Å². The van der Waals surface area contributed by atoms with E-state index in [1.54, 1.807) is 31.2 Å². The highest BCUT2D eigenvalue weighted by molar-refractivity contribution is 5.93. The van der Waals surface area contributed by atoms with Gasteiger partial charge in [-0.15, -0.1) is 0 Å². The molecule has 1 aromatic rings. The maximum Gasteiger partial charge on any atom is 0.338 e. The summed E-state index contributed by atoms with van der Waals surface area (Å²) in [6.07, 6.45) is 7.40. The molecule has 1 saturated carbocycles. The summed E-state index contributed by atoms with van der Waals surface area (Å²) in [5.74, 6) is -0.00123. The molecule has 1 aliphatic carbocycles. The smallest absolute Gasteiger partial charge is 0.338 e. The normalized spacial score (nSPS) is 15.3. The van der Waals surface area contributed by atoms with Crippen LogP contribution in [0.25, 0.3) is 0 Å². The summed E-state index contributed by atoms with van der Waals surface area (Å²) in [7, 11) is 0. The molecular formula is C18H24O4. The molecule has 0 atom stereocenters. The number of hydrogen-bond donors (Lipinski definition) is 0. The second-order valence-electron chi connectivity index (χ2n) is 5.73. The van der Waals surface area contributed by atoms with Crippen molar-refractivity contribution < 1.29 is 19.1 Å². The number of esters is 2. The quantitative estimate of drug-likeness (QED) is 0.746. The molecule has 0 N–H and O–H groups in total. The molecule has 0 aromatic heterocycles. The van der Waals surface area contributed by atoms with Gasteiger partial charge in [0.2, 0.25) is 0 Å². The molecular weight excluding hydrogens is 280 g/mol. The van der Waals surface area contributed by atoms with Gasteiger partial charge < -0.3 is 9.47 Å². The minimum Gasteiger partial charge on any atom is -0.462 e. The van der Waals surface area contributed by atoms with Crippen LogP contribution in [0.4, 0.5) is 0 Å². The van der Waals surface area contributed by atoms with Crippen molar-refractivity contribution in [1.29, 1.82) is 0 Å². The molecule has 0 aliphatic heterocycles. The van der Waals surface area contributed by atoms with Crippen LogP contribution < -0.4 is 0 Å². The van der Waals surface area contributed by atoms with Gasteiger partial charge in [0, 0.05) is 0 Å². The predicted octanol–water partition coefficient (Wildman–Crippen LogP) is 3.99. The van der Waals surface area contributed by atoms with Crippen LogP contribution in [-0.2, 0) is 9.47 Å². The number of rotatable bonds is 6. The van der Waals surface area contributed by atoms with Crippen molar-refractivity contribution in [1.82, 2.24) is 0 Å². The molecule has 0 heterocycles. The molecule has 1 fully saturated rings. The highest BCUT2D eigenvalue weighted by Gasteiger charge is 2.15. The van der Waals surface area contributed by atoms with Crippen molar-refractivity contribution >= 4 is 11.9 Å². The standard InChI is InChI=1S/C18H24O4/c1-2-21-17(19)15-8-10-16(11-9-15)18(20)22-13-12-14-6-4-3-5-7-14/h8-11,14H,2-7,12-13H2,1H3. The van der Waals surface area contributed by atoms with Crippen molar-refractivity contribution in [3.8, 4) is 0 Å². The number of carbonyl (C=O) groups is 2. The first-order chi connectivity index (χ1) is 10.7. The lowest BCUT2D eigenvalue weighted by Crippen LogP contribution is -2.13. The molecule has 22 heavy (non-hydrogen) atoms. The molecule has 1 aliphatic rings. The average molecular weight is 304 g/mol. The van der Waals surface area contributed by atoms with Gasteiger partial charge in [0.05, 0.1) is 24.3 Å². The van der Waals surface area contributed by atoms with Crippen LogP contribution in [0.5, 0.6) is 0 Å². The Hall–Kier alpha value is -1.84. The maximum atomic E-state index is 12.0. The Morgan fingerprint density at radius 3 is 2.05 bits per heavy atom. The van der Waals surface area contributed by atoms with Crippen molar-refractivity contribution in [3.63, 3.8) is 0 Å². The third-order valence-corrected chi connectivity index (χ3v) is 4.12. The highest BCUT2D eigenvalue weighted by Crippen LogP contribution is 2.26. The molecule has 0 unspecified atom stereocenters. The van der Waals surface area contributed by atoms with Crippen LogP contribution in [0.15, 0.2) is 24.3 Å². The van der Waals surface area contributed by atoms with E-state index in [-0.39, 0.29) is 11.9 Å². The number of benzene rings is 1. The first-order valence-corrected chi connectivity index (χ1v) is 8.15. The number of carbonyl (C=O) groups excluding carboxylic acids is 2. The fraction of sp³-hybridized carbons (Fsp3) is 0.556. The molecule has 0 saturated heterocycles. The van der Waals surface area contributed by atoms with Gasteiger partial charge in [-0.05, 0) is 43.5 Å². The molecule has 2 rings (SSSR count). The van der Waals surface area contributed by atoms with Gasteiger partial charge in [-0.2, -0.15) is 0 Å². The van der Waals surface area contributed by atoms with E-state index in [1.807, 2.05) is 0 Å². The molecule has 4 heteroatoms. The first-order valence-electron chi connectivity index (χ1n) is 8.15. The van der Waals surface area contributed by atoms with E-state index in [0.29, 0.717) is 30.3 Å². The molecule has 4 nitrogen and oxygen atoms in total. The number of hydrogen-bond acceptors (Lipinski definition) is 4. The lowest BCUT2D eigenvalue weighted by atomic mass is 9.87. The third-order valence-electron chi connectivity index (χ3n) is 4.12. The lowest BCUT2D eigenvalue weighted by molar-refractivity contribution is 0.0471. The van der Waals surface area contributed by atoms with Crippen LogP contribution in [0.3, 0.4) is 0 Å². The van der Waals surface area contributed by atoms with Crippen LogP contribution in [0.2, 0.25) is 0 Å². The predicted molar refractivity (Wildman–Crippen MR) is 83.9 cm³/mol. The topological polar surface area (TPSA) is 52.6 Å². The SMILES string of the molecule is CCOC(=O)c1ccc(C(=O)OCCC2CCCCC2)cc1. The zero-order chi connectivity index (χ0) is 15.8. The molecule has 0 amide bonds. The summed E-state index contributed by atoms with van der Waals surface area (Å²) < 4.78 is 10.2. The Balaban J connectivity index is 1.78. The Bertz CT molecular complexity index is 486. The van der Waals surface area contributed by atoms with E-state index in [0.717, 1.165) is 6.42 Å². The summed E-state index contributed by atoms with van der Waals surface area (Å²) >= 11 is 0. The summed E-state index contributed by atoms with van der Waals surface area (Å²) in [6, 6.07) is 6.40. The molecule has 0 spiro atoms. The second kappa shape index (κ2) is 8.57.